The van der Waals surface area contributed by atoms with Gasteiger partial charge in [0.25, 0.3) is 0 Å². The molecule has 4 nitrogen and oxygen atoms in total. The molecule has 1 saturated carbocycles. The average molecular weight is 282 g/mol. The predicted octanol–water partition coefficient (Wildman–Crippen LogP) is 4.02. The van der Waals surface area contributed by atoms with Crippen LogP contribution in [-0.2, 0) is 5.41 Å². The molecule has 1 aromatic heterocycles. The van der Waals surface area contributed by atoms with E-state index in [2.05, 4.69) is 16.5 Å². The molecule has 0 bridgehead atoms. The second-order valence-corrected chi connectivity index (χ2v) is 6.31. The minimum atomic E-state index is -0.876. The Morgan fingerprint density at radius 2 is 1.95 bits per heavy atom. The van der Waals surface area contributed by atoms with Gasteiger partial charge in [-0.3, -0.25) is 0 Å². The second kappa shape index (κ2) is 6.46. The molecule has 19 heavy (non-hydrogen) atoms. The van der Waals surface area contributed by atoms with Crippen molar-refractivity contribution in [1.29, 1.82) is 0 Å². The van der Waals surface area contributed by atoms with Gasteiger partial charge in [-0.25, -0.2) is 4.79 Å². The van der Waals surface area contributed by atoms with Crippen LogP contribution in [0.1, 0.15) is 80.1 Å². The van der Waals surface area contributed by atoms with E-state index in [0.29, 0.717) is 4.88 Å². The first-order chi connectivity index (χ1) is 9.19. The van der Waals surface area contributed by atoms with Gasteiger partial charge in [-0.1, -0.05) is 49.9 Å². The molecule has 1 aliphatic carbocycles. The Labute approximate surface area is 118 Å². The van der Waals surface area contributed by atoms with Gasteiger partial charge in [0.05, 0.1) is 5.69 Å². The summed E-state index contributed by atoms with van der Waals surface area (Å²) < 4.78 is 3.83. The maximum Gasteiger partial charge on any atom is 0.349 e. The van der Waals surface area contributed by atoms with E-state index < -0.39 is 5.97 Å². The van der Waals surface area contributed by atoms with Crippen molar-refractivity contribution < 1.29 is 9.90 Å². The van der Waals surface area contributed by atoms with Gasteiger partial charge in [-0.05, 0) is 30.8 Å². The van der Waals surface area contributed by atoms with Crippen molar-refractivity contribution in [3.05, 3.63) is 10.6 Å². The van der Waals surface area contributed by atoms with Gasteiger partial charge in [-0.2, -0.15) is 0 Å². The van der Waals surface area contributed by atoms with Crippen LogP contribution in [-0.4, -0.2) is 20.7 Å². The van der Waals surface area contributed by atoms with Crippen LogP contribution >= 0.6 is 11.5 Å². The van der Waals surface area contributed by atoms with Crippen LogP contribution in [0, 0.1) is 0 Å². The van der Waals surface area contributed by atoms with Crippen LogP contribution in [0.3, 0.4) is 0 Å². The number of carbonyl (C=O) groups is 1. The molecule has 0 amide bonds. The van der Waals surface area contributed by atoms with Crippen LogP contribution in [0.5, 0.6) is 0 Å². The number of hydrogen-bond donors (Lipinski definition) is 1. The lowest BCUT2D eigenvalue weighted by Gasteiger charge is -2.12. The predicted molar refractivity (Wildman–Crippen MR) is 75.8 cm³/mol. The lowest BCUT2D eigenvalue weighted by Crippen LogP contribution is -2.12. The zero-order chi connectivity index (χ0) is 13.7. The Morgan fingerprint density at radius 3 is 2.58 bits per heavy atom. The van der Waals surface area contributed by atoms with Gasteiger partial charge in [0, 0.05) is 5.41 Å². The van der Waals surface area contributed by atoms with Crippen molar-refractivity contribution in [2.75, 3.05) is 0 Å². The second-order valence-electron chi connectivity index (χ2n) is 5.55. The fourth-order valence-electron chi connectivity index (χ4n) is 2.68. The highest BCUT2D eigenvalue weighted by molar-refractivity contribution is 7.07. The standard InChI is InChI=1S/C14H22N2O2S/c1-2-3-4-5-6-7-8-14(9-10-14)12-11(13(17)18)19-16-15-12/h2-10H2,1H3,(H,17,18). The Kier molecular flexibility index (Phi) is 4.91. The zero-order valence-electron chi connectivity index (χ0n) is 11.5. The van der Waals surface area contributed by atoms with Gasteiger partial charge < -0.3 is 5.11 Å². The van der Waals surface area contributed by atoms with E-state index in [1.807, 2.05) is 0 Å². The van der Waals surface area contributed by atoms with Gasteiger partial charge in [0.2, 0.25) is 0 Å². The topological polar surface area (TPSA) is 63.1 Å². The Balaban J connectivity index is 1.82. The van der Waals surface area contributed by atoms with Crippen molar-refractivity contribution in [3.63, 3.8) is 0 Å². The number of carboxylic acid groups (broad SMARTS) is 1. The highest BCUT2D eigenvalue weighted by Crippen LogP contribution is 2.52. The first-order valence-electron chi connectivity index (χ1n) is 7.26. The lowest BCUT2D eigenvalue weighted by atomic mass is 9.93. The molecule has 1 N–H and O–H groups in total. The summed E-state index contributed by atoms with van der Waals surface area (Å²) in [4.78, 5) is 11.5. The first kappa shape index (κ1) is 14.4. The Hall–Kier alpha value is -0.970. The molecular formula is C14H22N2O2S. The number of rotatable bonds is 9. The summed E-state index contributed by atoms with van der Waals surface area (Å²) in [6.45, 7) is 2.22. The van der Waals surface area contributed by atoms with Crippen LogP contribution in [0.25, 0.3) is 0 Å². The molecule has 5 heteroatoms. The monoisotopic (exact) mass is 282 g/mol. The molecule has 0 unspecified atom stereocenters. The summed E-state index contributed by atoms with van der Waals surface area (Å²) in [5.74, 6) is -0.876. The maximum atomic E-state index is 11.1. The zero-order valence-corrected chi connectivity index (χ0v) is 12.3. The molecule has 0 radical (unpaired) electrons. The molecule has 0 aromatic carbocycles. The number of nitrogens with zero attached hydrogens (tertiary/aromatic N) is 2. The highest BCUT2D eigenvalue weighted by Gasteiger charge is 2.48. The molecule has 106 valence electrons. The van der Waals surface area contributed by atoms with E-state index in [0.717, 1.165) is 36.5 Å². The SMILES string of the molecule is CCCCCCCCC1(c2nnsc2C(=O)O)CC1. The molecule has 0 atom stereocenters. The van der Waals surface area contributed by atoms with Crippen molar-refractivity contribution in [1.82, 2.24) is 9.59 Å². The van der Waals surface area contributed by atoms with E-state index in [9.17, 15) is 4.79 Å². The van der Waals surface area contributed by atoms with Crippen LogP contribution in [0.2, 0.25) is 0 Å². The molecule has 1 fully saturated rings. The number of aromatic nitrogens is 2. The van der Waals surface area contributed by atoms with Crippen LogP contribution in [0.4, 0.5) is 0 Å². The summed E-state index contributed by atoms with van der Waals surface area (Å²) in [6, 6.07) is 0. The molecular weight excluding hydrogens is 260 g/mol. The van der Waals surface area contributed by atoms with E-state index in [-0.39, 0.29) is 5.41 Å². The maximum absolute atomic E-state index is 11.1. The summed E-state index contributed by atoms with van der Waals surface area (Å²) in [5.41, 5.74) is 0.796. The lowest BCUT2D eigenvalue weighted by molar-refractivity contribution is 0.0699. The molecule has 1 heterocycles. The minimum absolute atomic E-state index is 0.0471. The Morgan fingerprint density at radius 1 is 1.26 bits per heavy atom. The summed E-state index contributed by atoms with van der Waals surface area (Å²) in [7, 11) is 0. The number of aromatic carboxylic acids is 1. The third-order valence-electron chi connectivity index (χ3n) is 4.05. The highest BCUT2D eigenvalue weighted by atomic mass is 32.1. The van der Waals surface area contributed by atoms with Gasteiger partial charge in [-0.15, -0.1) is 5.10 Å². The largest absolute Gasteiger partial charge is 0.477 e. The van der Waals surface area contributed by atoms with Crippen molar-refractivity contribution in [3.8, 4) is 0 Å². The van der Waals surface area contributed by atoms with Crippen molar-refractivity contribution in [2.24, 2.45) is 0 Å². The quantitative estimate of drug-likeness (QED) is 0.695. The van der Waals surface area contributed by atoms with Gasteiger partial charge in [0.15, 0.2) is 4.88 Å². The minimum Gasteiger partial charge on any atom is -0.477 e. The molecule has 1 aromatic rings. The number of unbranched alkanes of at least 4 members (excludes halogenated alkanes) is 5. The van der Waals surface area contributed by atoms with Gasteiger partial charge in [0.1, 0.15) is 0 Å². The summed E-state index contributed by atoms with van der Waals surface area (Å²) in [5, 5.41) is 13.2. The number of hydrogen-bond acceptors (Lipinski definition) is 4. The summed E-state index contributed by atoms with van der Waals surface area (Å²) in [6.07, 6.45) is 10.9. The number of carboxylic acids is 1. The molecule has 0 aliphatic heterocycles. The smallest absolute Gasteiger partial charge is 0.349 e. The van der Waals surface area contributed by atoms with Gasteiger partial charge >= 0.3 is 5.97 Å². The summed E-state index contributed by atoms with van der Waals surface area (Å²) >= 11 is 1.01. The van der Waals surface area contributed by atoms with Crippen molar-refractivity contribution >= 4 is 17.5 Å². The van der Waals surface area contributed by atoms with Crippen molar-refractivity contribution in [2.45, 2.75) is 70.1 Å². The average Bonchev–Trinajstić information content (AvgIpc) is 3.00. The van der Waals surface area contributed by atoms with Crippen LogP contribution in [0.15, 0.2) is 0 Å². The van der Waals surface area contributed by atoms with E-state index in [1.165, 1.54) is 38.5 Å². The molecule has 2 rings (SSSR count). The van der Waals surface area contributed by atoms with Crippen LogP contribution < -0.4 is 0 Å². The Bertz CT molecular complexity index is 427. The third kappa shape index (κ3) is 3.53. The molecule has 1 aliphatic rings. The van der Waals surface area contributed by atoms with E-state index >= 15 is 0 Å². The fraction of sp³-hybridized carbons (Fsp3) is 0.786. The van der Waals surface area contributed by atoms with E-state index in [4.69, 9.17) is 5.11 Å². The van der Waals surface area contributed by atoms with E-state index in [1.54, 1.807) is 0 Å². The fourth-order valence-corrected chi connectivity index (χ4v) is 3.30. The molecule has 0 spiro atoms. The third-order valence-corrected chi connectivity index (χ3v) is 4.76. The normalized spacial score (nSPS) is 16.5. The molecule has 0 saturated heterocycles. The first-order valence-corrected chi connectivity index (χ1v) is 8.03.